The molecule has 1 aliphatic rings. The number of nitrogens with zero attached hydrogens (tertiary/aromatic N) is 4. The monoisotopic (exact) mass is 495 g/mol. The minimum atomic E-state index is -0.264. The van der Waals surface area contributed by atoms with Gasteiger partial charge in [0.15, 0.2) is 11.6 Å². The van der Waals surface area contributed by atoms with Crippen LogP contribution in [0.4, 0.5) is 0 Å². The number of ether oxygens (including phenoxy) is 2. The summed E-state index contributed by atoms with van der Waals surface area (Å²) in [5.74, 6) is 3.68. The molecule has 0 saturated carbocycles. The number of rotatable bonds is 11. The predicted octanol–water partition coefficient (Wildman–Crippen LogP) is 3.99. The van der Waals surface area contributed by atoms with E-state index in [-0.39, 0.29) is 17.7 Å². The summed E-state index contributed by atoms with van der Waals surface area (Å²) in [7, 11) is 1.59. The molecule has 0 aliphatic carbocycles. The van der Waals surface area contributed by atoms with Gasteiger partial charge in [0.25, 0.3) is 5.91 Å². The number of methoxy groups -OCH3 is 1. The number of fused-ring (bicyclic) bond motifs is 1. The Morgan fingerprint density at radius 3 is 2.75 bits per heavy atom. The molecule has 3 heterocycles. The number of carbonyl (C=O) groups is 1. The van der Waals surface area contributed by atoms with Gasteiger partial charge in [-0.1, -0.05) is 32.0 Å². The standard InChI is InChI=1S/C27H37N5O4/c1-5-35-23-9-7-6-8-20(23)17-31-13-12-25-29-30-26(32(25)15-14-31)22(16-19(2)3)28-27(33)24-11-10-21(36-24)18-34-4/h6-11,19,22H,5,12-18H2,1-4H3,(H,28,33)/t22-/m1/s1. The van der Waals surface area contributed by atoms with Crippen LogP contribution in [-0.4, -0.2) is 52.4 Å². The molecule has 3 aromatic rings. The summed E-state index contributed by atoms with van der Waals surface area (Å²) in [6.07, 6.45) is 1.55. The highest BCUT2D eigenvalue weighted by atomic mass is 16.5. The highest BCUT2D eigenvalue weighted by molar-refractivity contribution is 5.91. The predicted molar refractivity (Wildman–Crippen MR) is 136 cm³/mol. The zero-order chi connectivity index (χ0) is 25.5. The molecule has 0 radical (unpaired) electrons. The van der Waals surface area contributed by atoms with Crippen molar-refractivity contribution in [2.24, 2.45) is 5.92 Å². The van der Waals surface area contributed by atoms with E-state index in [1.54, 1.807) is 19.2 Å². The number of hydrogen-bond acceptors (Lipinski definition) is 7. The lowest BCUT2D eigenvalue weighted by Crippen LogP contribution is -2.32. The SMILES string of the molecule is CCOc1ccccc1CN1CCc2nnc([C@@H](CC(C)C)NC(=O)c3ccc(COC)o3)n2CC1. The molecule has 0 bridgehead atoms. The second-order valence-corrected chi connectivity index (χ2v) is 9.55. The Bertz CT molecular complexity index is 1140. The fourth-order valence-corrected chi connectivity index (χ4v) is 4.63. The Kier molecular flexibility index (Phi) is 8.77. The third kappa shape index (κ3) is 6.33. The van der Waals surface area contributed by atoms with E-state index in [0.29, 0.717) is 24.9 Å². The van der Waals surface area contributed by atoms with Crippen LogP contribution >= 0.6 is 0 Å². The topological polar surface area (TPSA) is 94.7 Å². The van der Waals surface area contributed by atoms with Crippen molar-refractivity contribution in [3.8, 4) is 5.75 Å². The van der Waals surface area contributed by atoms with E-state index < -0.39 is 0 Å². The zero-order valence-electron chi connectivity index (χ0n) is 21.7. The van der Waals surface area contributed by atoms with Crippen molar-refractivity contribution in [3.63, 3.8) is 0 Å². The lowest BCUT2D eigenvalue weighted by Gasteiger charge is -2.22. The number of furan rings is 1. The van der Waals surface area contributed by atoms with Crippen LogP contribution in [0.5, 0.6) is 5.75 Å². The van der Waals surface area contributed by atoms with Crippen LogP contribution in [0.15, 0.2) is 40.8 Å². The average Bonchev–Trinajstić information content (AvgIpc) is 3.44. The molecule has 194 valence electrons. The highest BCUT2D eigenvalue weighted by Crippen LogP contribution is 2.25. The Hall–Kier alpha value is -3.17. The summed E-state index contributed by atoms with van der Waals surface area (Å²) >= 11 is 0. The van der Waals surface area contributed by atoms with Crippen molar-refractivity contribution < 1.29 is 18.7 Å². The normalized spacial score (nSPS) is 14.9. The molecule has 1 N–H and O–H groups in total. The molecule has 0 fully saturated rings. The van der Waals surface area contributed by atoms with E-state index in [1.165, 1.54) is 5.56 Å². The Morgan fingerprint density at radius 1 is 1.14 bits per heavy atom. The molecule has 0 unspecified atom stereocenters. The van der Waals surface area contributed by atoms with Gasteiger partial charge in [-0.25, -0.2) is 0 Å². The lowest BCUT2D eigenvalue weighted by molar-refractivity contribution is 0.0892. The third-order valence-corrected chi connectivity index (χ3v) is 6.31. The first-order valence-corrected chi connectivity index (χ1v) is 12.7. The molecule has 9 nitrogen and oxygen atoms in total. The lowest BCUT2D eigenvalue weighted by atomic mass is 10.0. The van der Waals surface area contributed by atoms with Gasteiger partial charge < -0.3 is 23.8 Å². The minimum Gasteiger partial charge on any atom is -0.494 e. The summed E-state index contributed by atoms with van der Waals surface area (Å²) < 4.78 is 18.7. The van der Waals surface area contributed by atoms with E-state index >= 15 is 0 Å². The van der Waals surface area contributed by atoms with Crippen LogP contribution in [0.1, 0.15) is 66.8 Å². The maximum atomic E-state index is 13.0. The van der Waals surface area contributed by atoms with Gasteiger partial charge in [-0.15, -0.1) is 10.2 Å². The van der Waals surface area contributed by atoms with Crippen molar-refractivity contribution in [2.75, 3.05) is 26.8 Å². The van der Waals surface area contributed by atoms with Crippen LogP contribution < -0.4 is 10.1 Å². The number of carbonyl (C=O) groups excluding carboxylic acids is 1. The number of para-hydroxylation sites is 1. The molecule has 4 rings (SSSR count). The van der Waals surface area contributed by atoms with Crippen molar-refractivity contribution in [1.82, 2.24) is 25.0 Å². The first-order valence-electron chi connectivity index (χ1n) is 12.7. The van der Waals surface area contributed by atoms with Gasteiger partial charge in [0.05, 0.1) is 12.6 Å². The summed E-state index contributed by atoms with van der Waals surface area (Å²) in [5, 5.41) is 12.2. The molecule has 0 saturated heterocycles. The van der Waals surface area contributed by atoms with Gasteiger partial charge in [-0.3, -0.25) is 9.69 Å². The molecular formula is C27H37N5O4. The van der Waals surface area contributed by atoms with Crippen LogP contribution in [0.25, 0.3) is 0 Å². The molecule has 1 amide bonds. The summed E-state index contributed by atoms with van der Waals surface area (Å²) in [4.78, 5) is 15.4. The molecule has 0 spiro atoms. The van der Waals surface area contributed by atoms with Gasteiger partial charge >= 0.3 is 0 Å². The highest BCUT2D eigenvalue weighted by Gasteiger charge is 2.27. The largest absolute Gasteiger partial charge is 0.494 e. The number of benzene rings is 1. The minimum absolute atomic E-state index is 0.261. The molecule has 1 aromatic carbocycles. The van der Waals surface area contributed by atoms with Crippen LogP contribution in [0.2, 0.25) is 0 Å². The molecule has 36 heavy (non-hydrogen) atoms. The molecule has 2 aromatic heterocycles. The van der Waals surface area contributed by atoms with E-state index in [9.17, 15) is 4.79 Å². The molecule has 1 aliphatic heterocycles. The quantitative estimate of drug-likeness (QED) is 0.430. The number of nitrogens with one attached hydrogen (secondary N) is 1. The summed E-state index contributed by atoms with van der Waals surface area (Å²) in [6.45, 7) is 10.6. The van der Waals surface area contributed by atoms with Gasteiger partial charge in [-0.2, -0.15) is 0 Å². The first-order chi connectivity index (χ1) is 17.5. The second-order valence-electron chi connectivity index (χ2n) is 9.55. The van der Waals surface area contributed by atoms with Crippen LogP contribution in [0, 0.1) is 5.92 Å². The fraction of sp³-hybridized carbons (Fsp3) is 0.519. The number of aromatic nitrogens is 3. The molecule has 9 heteroatoms. The van der Waals surface area contributed by atoms with E-state index in [0.717, 1.165) is 56.4 Å². The molecule has 1 atom stereocenters. The zero-order valence-corrected chi connectivity index (χ0v) is 21.7. The number of amides is 1. The Morgan fingerprint density at radius 2 is 1.97 bits per heavy atom. The van der Waals surface area contributed by atoms with Gasteiger partial charge in [-0.05, 0) is 37.5 Å². The first kappa shape index (κ1) is 25.9. The Labute approximate surface area is 212 Å². The van der Waals surface area contributed by atoms with E-state index in [2.05, 4.69) is 51.0 Å². The van der Waals surface area contributed by atoms with E-state index in [4.69, 9.17) is 13.9 Å². The maximum Gasteiger partial charge on any atom is 0.287 e. The van der Waals surface area contributed by atoms with Crippen molar-refractivity contribution in [1.29, 1.82) is 0 Å². The van der Waals surface area contributed by atoms with Crippen LogP contribution in [0.3, 0.4) is 0 Å². The van der Waals surface area contributed by atoms with Gasteiger partial charge in [0, 0.05) is 45.3 Å². The number of hydrogen-bond donors (Lipinski definition) is 1. The van der Waals surface area contributed by atoms with Gasteiger partial charge in [0.2, 0.25) is 0 Å². The summed E-state index contributed by atoms with van der Waals surface area (Å²) in [5.41, 5.74) is 1.19. The van der Waals surface area contributed by atoms with Crippen molar-refractivity contribution in [2.45, 2.75) is 59.4 Å². The van der Waals surface area contributed by atoms with Crippen LogP contribution in [-0.2, 0) is 30.9 Å². The van der Waals surface area contributed by atoms with Crippen molar-refractivity contribution >= 4 is 5.91 Å². The Balaban J connectivity index is 1.48. The average molecular weight is 496 g/mol. The molecular weight excluding hydrogens is 458 g/mol. The van der Waals surface area contributed by atoms with E-state index in [1.807, 2.05) is 19.1 Å². The third-order valence-electron chi connectivity index (χ3n) is 6.31. The van der Waals surface area contributed by atoms with Gasteiger partial charge in [0.1, 0.15) is 23.9 Å². The smallest absolute Gasteiger partial charge is 0.287 e. The van der Waals surface area contributed by atoms with Crippen molar-refractivity contribution in [3.05, 3.63) is 65.1 Å². The summed E-state index contributed by atoms with van der Waals surface area (Å²) in [6, 6.07) is 11.4. The maximum absolute atomic E-state index is 13.0. The fourth-order valence-electron chi connectivity index (χ4n) is 4.63. The second kappa shape index (κ2) is 12.2.